The van der Waals surface area contributed by atoms with Crippen LogP contribution in [0.1, 0.15) is 67.4 Å². The van der Waals surface area contributed by atoms with Crippen LogP contribution in [0.3, 0.4) is 0 Å². The normalized spacial score (nSPS) is 23.4. The first-order chi connectivity index (χ1) is 18.2. The molecule has 0 amide bonds. The van der Waals surface area contributed by atoms with Gasteiger partial charge in [-0.05, 0) is 52.2 Å². The summed E-state index contributed by atoms with van der Waals surface area (Å²) in [7, 11) is 8.01. The minimum atomic E-state index is -0.407. The molecule has 0 bridgehead atoms. The zero-order valence-corrected chi connectivity index (χ0v) is 24.3. The molecule has 2 aromatic heterocycles. The Kier molecular flexibility index (Phi) is 9.76. The van der Waals surface area contributed by atoms with Crippen molar-refractivity contribution in [1.82, 2.24) is 19.8 Å². The molecular formula is C30H46N4O4. The fourth-order valence-electron chi connectivity index (χ4n) is 5.16. The lowest BCUT2D eigenvalue weighted by Gasteiger charge is -2.36. The number of aromatic nitrogens is 2. The predicted octanol–water partition coefficient (Wildman–Crippen LogP) is 4.29. The van der Waals surface area contributed by atoms with Crippen molar-refractivity contribution in [3.05, 3.63) is 52.6 Å². The van der Waals surface area contributed by atoms with Crippen molar-refractivity contribution in [3.8, 4) is 5.75 Å². The molecule has 0 unspecified atom stereocenters. The molecule has 2 aliphatic rings. The number of hydrogen-bond donors (Lipinski definition) is 0. The van der Waals surface area contributed by atoms with E-state index in [2.05, 4.69) is 61.9 Å². The number of pyridine rings is 2. The molecule has 8 nitrogen and oxygen atoms in total. The van der Waals surface area contributed by atoms with Gasteiger partial charge < -0.3 is 23.8 Å². The number of hydrogen-bond acceptors (Lipinski definition) is 8. The van der Waals surface area contributed by atoms with Gasteiger partial charge >= 0.3 is 0 Å². The predicted molar refractivity (Wildman–Crippen MR) is 149 cm³/mol. The molecular weight excluding hydrogens is 480 g/mol. The average Bonchev–Trinajstić information content (AvgIpc) is 3.33. The Morgan fingerprint density at radius 2 is 1.82 bits per heavy atom. The quantitative estimate of drug-likeness (QED) is 0.383. The second-order valence-electron chi connectivity index (χ2n) is 11.5. The summed E-state index contributed by atoms with van der Waals surface area (Å²) in [5.41, 5.74) is 4.93. The Bertz CT molecular complexity index is 1050. The summed E-state index contributed by atoms with van der Waals surface area (Å²) in [5, 5.41) is 0. The summed E-state index contributed by atoms with van der Waals surface area (Å²) in [5.74, 6) is 1.26. The number of rotatable bonds is 13. The fourth-order valence-corrected chi connectivity index (χ4v) is 5.16. The maximum absolute atomic E-state index is 6.28. The van der Waals surface area contributed by atoms with Gasteiger partial charge in [-0.1, -0.05) is 19.9 Å². The second kappa shape index (κ2) is 12.8. The lowest BCUT2D eigenvalue weighted by Crippen LogP contribution is -2.41. The van der Waals surface area contributed by atoms with Gasteiger partial charge in [0.2, 0.25) is 0 Å². The highest BCUT2D eigenvalue weighted by Gasteiger charge is 2.39. The van der Waals surface area contributed by atoms with Gasteiger partial charge in [0.25, 0.3) is 0 Å². The Hall–Kier alpha value is -2.10. The zero-order chi connectivity index (χ0) is 27.3. The van der Waals surface area contributed by atoms with Crippen LogP contribution in [-0.2, 0) is 32.9 Å². The maximum Gasteiger partial charge on any atom is 0.142 e. The van der Waals surface area contributed by atoms with Crippen molar-refractivity contribution >= 4 is 0 Å². The van der Waals surface area contributed by atoms with Gasteiger partial charge in [-0.3, -0.25) is 14.9 Å². The van der Waals surface area contributed by atoms with Crippen molar-refractivity contribution in [2.75, 3.05) is 54.6 Å². The van der Waals surface area contributed by atoms with Crippen molar-refractivity contribution in [2.24, 2.45) is 0 Å². The molecule has 0 radical (unpaired) electrons. The first kappa shape index (κ1) is 28.9. The van der Waals surface area contributed by atoms with E-state index in [9.17, 15) is 0 Å². The third-order valence-electron chi connectivity index (χ3n) is 7.58. The summed E-state index contributed by atoms with van der Waals surface area (Å²) in [6, 6.07) is 8.40. The molecule has 8 heteroatoms. The highest BCUT2D eigenvalue weighted by molar-refractivity contribution is 5.32. The van der Waals surface area contributed by atoms with Gasteiger partial charge in [0.1, 0.15) is 17.5 Å². The molecule has 0 N–H and O–H groups in total. The van der Waals surface area contributed by atoms with Crippen LogP contribution in [0.2, 0.25) is 0 Å². The molecule has 4 rings (SSSR count). The zero-order valence-electron chi connectivity index (χ0n) is 24.3. The van der Waals surface area contributed by atoms with Gasteiger partial charge in [0.15, 0.2) is 0 Å². The van der Waals surface area contributed by atoms with Gasteiger partial charge in [-0.2, -0.15) is 0 Å². The number of ether oxygens (including phenoxy) is 4. The van der Waals surface area contributed by atoms with Crippen molar-refractivity contribution in [3.63, 3.8) is 0 Å². The SMILES string of the molecule is CO[C@]1(c2ccc(C(C)C)nc2CN(C)CCO[C@H]2C[C@H](Oc3ccc(C)nc3CN(C)C)C2)CCOC1. The highest BCUT2D eigenvalue weighted by Crippen LogP contribution is 2.36. The maximum atomic E-state index is 6.28. The van der Waals surface area contributed by atoms with Gasteiger partial charge in [-0.25, -0.2) is 0 Å². The monoisotopic (exact) mass is 526 g/mol. The van der Waals surface area contributed by atoms with Crippen molar-refractivity contribution in [2.45, 2.75) is 76.9 Å². The summed E-state index contributed by atoms with van der Waals surface area (Å²) < 4.78 is 24.2. The molecule has 2 fully saturated rings. The lowest BCUT2D eigenvalue weighted by molar-refractivity contribution is -0.0649. The van der Waals surface area contributed by atoms with Crippen LogP contribution in [0, 0.1) is 6.92 Å². The van der Waals surface area contributed by atoms with Crippen LogP contribution >= 0.6 is 0 Å². The average molecular weight is 527 g/mol. The van der Waals surface area contributed by atoms with Crippen LogP contribution in [0.4, 0.5) is 0 Å². The van der Waals surface area contributed by atoms with E-state index in [0.717, 1.165) is 73.0 Å². The molecule has 2 aromatic rings. The first-order valence-electron chi connectivity index (χ1n) is 13.9. The van der Waals surface area contributed by atoms with Crippen molar-refractivity contribution < 1.29 is 18.9 Å². The smallest absolute Gasteiger partial charge is 0.142 e. The molecule has 1 aliphatic carbocycles. The Morgan fingerprint density at radius 3 is 2.47 bits per heavy atom. The Labute approximate surface area is 228 Å². The van der Waals surface area contributed by atoms with E-state index in [1.54, 1.807) is 7.11 Å². The molecule has 1 saturated heterocycles. The minimum Gasteiger partial charge on any atom is -0.488 e. The molecule has 0 aromatic carbocycles. The van der Waals surface area contributed by atoms with Crippen LogP contribution < -0.4 is 4.74 Å². The first-order valence-corrected chi connectivity index (χ1v) is 13.9. The lowest BCUT2D eigenvalue weighted by atomic mass is 9.90. The Balaban J connectivity index is 1.27. The van der Waals surface area contributed by atoms with E-state index in [1.165, 1.54) is 0 Å². The molecule has 210 valence electrons. The van der Waals surface area contributed by atoms with E-state index in [4.69, 9.17) is 23.9 Å². The summed E-state index contributed by atoms with van der Waals surface area (Å²) in [6.45, 7) is 10.7. The number of likely N-dealkylation sites (N-methyl/N-ethyl adjacent to an activating group) is 1. The fraction of sp³-hybridized carbons (Fsp3) is 0.667. The molecule has 1 atom stereocenters. The standard InChI is InChI=1S/C30H46N4O4/c1-21(2)26-10-9-25(30(35-7)12-14-36-20-30)27(32-26)19-34(6)13-15-37-23-16-24(17-23)38-29-11-8-22(3)31-28(29)18-33(4)5/h8-11,21,23-24H,12-20H2,1-7H3/t23-,24-,30-/m1/s1. The van der Waals surface area contributed by atoms with Crippen LogP contribution in [0.25, 0.3) is 0 Å². The van der Waals surface area contributed by atoms with Crippen molar-refractivity contribution in [1.29, 1.82) is 0 Å². The van der Waals surface area contributed by atoms with Crippen LogP contribution in [-0.4, -0.2) is 86.6 Å². The Morgan fingerprint density at radius 1 is 1.03 bits per heavy atom. The van der Waals surface area contributed by atoms with Gasteiger partial charge in [0, 0.05) is 69.6 Å². The third kappa shape index (κ3) is 7.10. The van der Waals surface area contributed by atoms with E-state index < -0.39 is 5.60 Å². The summed E-state index contributed by atoms with van der Waals surface area (Å²) in [4.78, 5) is 14.1. The largest absolute Gasteiger partial charge is 0.488 e. The summed E-state index contributed by atoms with van der Waals surface area (Å²) in [6.07, 6.45) is 3.11. The number of nitrogens with zero attached hydrogens (tertiary/aromatic N) is 4. The van der Waals surface area contributed by atoms with Crippen LogP contribution in [0.15, 0.2) is 24.3 Å². The molecule has 1 aliphatic heterocycles. The van der Waals surface area contributed by atoms with E-state index in [0.29, 0.717) is 25.7 Å². The molecule has 1 saturated carbocycles. The minimum absolute atomic E-state index is 0.188. The van der Waals surface area contributed by atoms with Crippen LogP contribution in [0.5, 0.6) is 5.75 Å². The number of aryl methyl sites for hydroxylation is 1. The third-order valence-corrected chi connectivity index (χ3v) is 7.58. The van der Waals surface area contributed by atoms with E-state index >= 15 is 0 Å². The van der Waals surface area contributed by atoms with Gasteiger partial charge in [0.05, 0.1) is 30.7 Å². The second-order valence-corrected chi connectivity index (χ2v) is 11.5. The van der Waals surface area contributed by atoms with E-state index in [-0.39, 0.29) is 12.2 Å². The molecule has 3 heterocycles. The highest BCUT2D eigenvalue weighted by atomic mass is 16.5. The number of methoxy groups -OCH3 is 1. The molecule has 0 spiro atoms. The topological polar surface area (TPSA) is 69.2 Å². The van der Waals surface area contributed by atoms with Gasteiger partial charge in [-0.15, -0.1) is 0 Å². The van der Waals surface area contributed by atoms with E-state index in [1.807, 2.05) is 19.1 Å². The molecule has 38 heavy (non-hydrogen) atoms. The summed E-state index contributed by atoms with van der Waals surface area (Å²) >= 11 is 0.